The van der Waals surface area contributed by atoms with E-state index in [1.54, 1.807) is 18.2 Å². The van der Waals surface area contributed by atoms with E-state index in [9.17, 15) is 4.39 Å². The Bertz CT molecular complexity index is 1030. The Balaban J connectivity index is 1.71. The van der Waals surface area contributed by atoms with Crippen molar-refractivity contribution < 1.29 is 8.81 Å². The third kappa shape index (κ3) is 3.83. The van der Waals surface area contributed by atoms with Crippen LogP contribution in [-0.4, -0.2) is 10.2 Å². The molecule has 27 heavy (non-hydrogen) atoms. The molecule has 0 bridgehead atoms. The second-order valence-electron chi connectivity index (χ2n) is 5.92. The maximum Gasteiger partial charge on any atom is 0.249 e. The lowest BCUT2D eigenvalue weighted by molar-refractivity contribution is 0.494. The van der Waals surface area contributed by atoms with Crippen molar-refractivity contribution in [3.63, 3.8) is 0 Å². The van der Waals surface area contributed by atoms with Crippen LogP contribution in [0.5, 0.6) is 0 Å². The number of rotatable bonds is 5. The lowest BCUT2D eigenvalue weighted by Crippen LogP contribution is -2.12. The smallest absolute Gasteiger partial charge is 0.249 e. The molecular formula is C21H15ClFN3O. The van der Waals surface area contributed by atoms with Gasteiger partial charge < -0.3 is 9.73 Å². The predicted molar refractivity (Wildman–Crippen MR) is 103 cm³/mol. The van der Waals surface area contributed by atoms with Crippen LogP contribution >= 0.6 is 11.6 Å². The zero-order valence-corrected chi connectivity index (χ0v) is 14.9. The summed E-state index contributed by atoms with van der Waals surface area (Å²) in [5.41, 5.74) is 2.35. The van der Waals surface area contributed by atoms with Crippen molar-refractivity contribution >= 4 is 17.3 Å². The highest BCUT2D eigenvalue weighted by Crippen LogP contribution is 2.31. The van der Waals surface area contributed by atoms with E-state index in [-0.39, 0.29) is 11.9 Å². The second-order valence-corrected chi connectivity index (χ2v) is 6.33. The van der Waals surface area contributed by atoms with Crippen molar-refractivity contribution in [1.82, 2.24) is 10.2 Å². The molecule has 1 N–H and O–H groups in total. The molecule has 0 radical (unpaired) electrons. The molecule has 6 heteroatoms. The third-order valence-electron chi connectivity index (χ3n) is 4.08. The van der Waals surface area contributed by atoms with Gasteiger partial charge in [0.25, 0.3) is 0 Å². The third-order valence-corrected chi connectivity index (χ3v) is 4.41. The van der Waals surface area contributed by atoms with E-state index >= 15 is 0 Å². The molecule has 1 aromatic heterocycles. The highest BCUT2D eigenvalue weighted by Gasteiger charge is 2.22. The Labute approximate surface area is 160 Å². The number of nitrogens with one attached hydrogen (secondary N) is 1. The van der Waals surface area contributed by atoms with Gasteiger partial charge in [-0.3, -0.25) is 0 Å². The molecule has 0 fully saturated rings. The molecule has 1 atom stereocenters. The Kier molecular flexibility index (Phi) is 4.85. The molecule has 0 saturated heterocycles. The maximum absolute atomic E-state index is 13.2. The van der Waals surface area contributed by atoms with Gasteiger partial charge in [-0.05, 0) is 42.0 Å². The zero-order valence-electron chi connectivity index (χ0n) is 14.1. The summed E-state index contributed by atoms with van der Waals surface area (Å²) < 4.78 is 19.1. The van der Waals surface area contributed by atoms with Crippen LogP contribution in [0.15, 0.2) is 83.3 Å². The number of hydrogen-bond donors (Lipinski definition) is 1. The number of halogens is 2. The molecule has 0 amide bonds. The van der Waals surface area contributed by atoms with E-state index in [1.165, 1.54) is 12.1 Å². The van der Waals surface area contributed by atoms with Gasteiger partial charge in [0.1, 0.15) is 11.9 Å². The van der Waals surface area contributed by atoms with Crippen LogP contribution in [0.2, 0.25) is 5.02 Å². The zero-order chi connectivity index (χ0) is 18.6. The number of hydrogen-bond acceptors (Lipinski definition) is 4. The van der Waals surface area contributed by atoms with E-state index in [4.69, 9.17) is 16.0 Å². The van der Waals surface area contributed by atoms with Crippen molar-refractivity contribution in [1.29, 1.82) is 0 Å². The highest BCUT2D eigenvalue weighted by atomic mass is 35.5. The van der Waals surface area contributed by atoms with E-state index < -0.39 is 0 Å². The van der Waals surface area contributed by atoms with Gasteiger partial charge in [-0.25, -0.2) is 4.39 Å². The average Bonchev–Trinajstić information content (AvgIpc) is 3.18. The van der Waals surface area contributed by atoms with E-state index in [2.05, 4.69) is 15.5 Å². The molecule has 3 aromatic carbocycles. The topological polar surface area (TPSA) is 51.0 Å². The first-order chi connectivity index (χ1) is 13.2. The molecule has 0 aliphatic heterocycles. The summed E-state index contributed by atoms with van der Waals surface area (Å²) >= 11 is 6.23. The number of benzene rings is 3. The predicted octanol–water partition coefficient (Wildman–Crippen LogP) is 5.73. The number of aromatic nitrogens is 2. The number of anilines is 1. The maximum atomic E-state index is 13.2. The molecule has 1 unspecified atom stereocenters. The summed E-state index contributed by atoms with van der Waals surface area (Å²) in [5.74, 6) is 0.438. The minimum atomic E-state index is -0.389. The normalized spacial score (nSPS) is 11.9. The van der Waals surface area contributed by atoms with Crippen LogP contribution in [-0.2, 0) is 0 Å². The SMILES string of the molecule is Fc1ccc(NC(c2ccccc2)c2nnc(-c3ccccc3Cl)o2)cc1. The Morgan fingerprint density at radius 2 is 1.56 bits per heavy atom. The van der Waals surface area contributed by atoms with Crippen LogP contribution in [0.25, 0.3) is 11.5 Å². The molecule has 0 aliphatic carbocycles. The minimum Gasteiger partial charge on any atom is -0.418 e. The van der Waals surface area contributed by atoms with Gasteiger partial charge in [-0.15, -0.1) is 10.2 Å². The first kappa shape index (κ1) is 17.2. The van der Waals surface area contributed by atoms with Crippen molar-refractivity contribution in [3.05, 3.63) is 101 Å². The Morgan fingerprint density at radius 1 is 0.852 bits per heavy atom. The monoisotopic (exact) mass is 379 g/mol. The van der Waals surface area contributed by atoms with Gasteiger partial charge in [0, 0.05) is 5.69 Å². The quantitative estimate of drug-likeness (QED) is 0.481. The highest BCUT2D eigenvalue weighted by molar-refractivity contribution is 6.33. The van der Waals surface area contributed by atoms with Gasteiger partial charge in [-0.1, -0.05) is 54.1 Å². The van der Waals surface area contributed by atoms with Crippen molar-refractivity contribution in [2.24, 2.45) is 0 Å². The van der Waals surface area contributed by atoms with Crippen molar-refractivity contribution in [2.75, 3.05) is 5.32 Å². The standard InChI is InChI=1S/C21H15ClFN3O/c22-18-9-5-4-8-17(18)20-25-26-21(27-20)19(14-6-2-1-3-7-14)24-16-12-10-15(23)11-13-16/h1-13,19,24H. The summed E-state index contributed by atoms with van der Waals surface area (Å²) in [7, 11) is 0. The molecule has 4 aromatic rings. The van der Waals surface area contributed by atoms with Crippen molar-refractivity contribution in [2.45, 2.75) is 6.04 Å². The second kappa shape index (κ2) is 7.60. The van der Waals surface area contributed by atoms with E-state index in [0.29, 0.717) is 22.4 Å². The fourth-order valence-corrected chi connectivity index (χ4v) is 2.96. The molecule has 134 valence electrons. The molecule has 4 rings (SSSR count). The summed E-state index contributed by atoms with van der Waals surface area (Å²) in [5, 5.41) is 12.2. The van der Waals surface area contributed by atoms with Gasteiger partial charge in [0.2, 0.25) is 11.8 Å². The average molecular weight is 380 g/mol. The summed E-state index contributed by atoms with van der Waals surface area (Å²) in [4.78, 5) is 0. The largest absolute Gasteiger partial charge is 0.418 e. The van der Waals surface area contributed by atoms with Crippen LogP contribution in [0.1, 0.15) is 17.5 Å². The molecule has 0 aliphatic rings. The Morgan fingerprint density at radius 3 is 2.30 bits per heavy atom. The molecule has 0 spiro atoms. The minimum absolute atomic E-state index is 0.296. The van der Waals surface area contributed by atoms with Crippen LogP contribution in [0.3, 0.4) is 0 Å². The van der Waals surface area contributed by atoms with E-state index in [0.717, 1.165) is 11.3 Å². The first-order valence-corrected chi connectivity index (χ1v) is 8.74. The van der Waals surface area contributed by atoms with Crippen LogP contribution in [0, 0.1) is 5.82 Å². The Hall–Kier alpha value is -3.18. The van der Waals surface area contributed by atoms with Crippen LogP contribution in [0.4, 0.5) is 10.1 Å². The fraction of sp³-hybridized carbons (Fsp3) is 0.0476. The molecular weight excluding hydrogens is 365 g/mol. The van der Waals surface area contributed by atoms with Gasteiger partial charge in [0.15, 0.2) is 0 Å². The number of nitrogens with zero attached hydrogens (tertiary/aromatic N) is 2. The van der Waals surface area contributed by atoms with Crippen molar-refractivity contribution in [3.8, 4) is 11.5 Å². The molecule has 1 heterocycles. The van der Waals surface area contributed by atoms with Gasteiger partial charge >= 0.3 is 0 Å². The summed E-state index contributed by atoms with van der Waals surface area (Å²) in [6.07, 6.45) is 0. The lowest BCUT2D eigenvalue weighted by Gasteiger charge is -2.17. The first-order valence-electron chi connectivity index (χ1n) is 8.36. The van der Waals surface area contributed by atoms with Gasteiger partial charge in [0.05, 0.1) is 10.6 Å². The molecule has 4 nitrogen and oxygen atoms in total. The summed E-state index contributed by atoms with van der Waals surface area (Å²) in [6.45, 7) is 0. The molecule has 0 saturated carbocycles. The van der Waals surface area contributed by atoms with Crippen LogP contribution < -0.4 is 5.32 Å². The lowest BCUT2D eigenvalue weighted by atomic mass is 10.1. The summed E-state index contributed by atoms with van der Waals surface area (Å²) in [6, 6.07) is 22.7. The van der Waals surface area contributed by atoms with E-state index in [1.807, 2.05) is 48.5 Å². The fourth-order valence-electron chi connectivity index (χ4n) is 2.74. The van der Waals surface area contributed by atoms with Gasteiger partial charge in [-0.2, -0.15) is 0 Å².